The molecule has 190 valence electrons. The summed E-state index contributed by atoms with van der Waals surface area (Å²) in [4.78, 5) is 13.1. The van der Waals surface area contributed by atoms with Gasteiger partial charge in [0.05, 0.1) is 5.60 Å². The smallest absolute Gasteiger partial charge is 0.220 e. The molecule has 1 amide bonds. The Morgan fingerprint density at radius 2 is 1.61 bits per heavy atom. The van der Waals surface area contributed by atoms with E-state index in [0.29, 0.717) is 24.8 Å². The van der Waals surface area contributed by atoms with Gasteiger partial charge in [-0.05, 0) is 80.2 Å². The number of rotatable bonds is 10. The van der Waals surface area contributed by atoms with E-state index in [1.54, 1.807) is 12.1 Å². The highest BCUT2D eigenvalue weighted by Crippen LogP contribution is 2.36. The second kappa shape index (κ2) is 12.3. The van der Waals surface area contributed by atoms with E-state index in [1.807, 2.05) is 30.3 Å². The maximum Gasteiger partial charge on any atom is 0.220 e. The number of carbonyl (C=O) groups is 1. The molecule has 1 saturated heterocycles. The molecule has 36 heavy (non-hydrogen) atoms. The second-order valence-corrected chi connectivity index (χ2v) is 10.7. The molecule has 3 atom stereocenters. The molecule has 4 rings (SSSR count). The minimum absolute atomic E-state index is 0.0268. The molecule has 1 aliphatic heterocycles. The number of hydrogen-bond donors (Lipinski definition) is 1. The van der Waals surface area contributed by atoms with E-state index in [2.05, 4.69) is 49.5 Å². The highest BCUT2D eigenvalue weighted by molar-refractivity contribution is 5.77. The summed E-state index contributed by atoms with van der Waals surface area (Å²) in [6.45, 7) is 5.81. The number of nitrogens with one attached hydrogen (secondary N) is 1. The van der Waals surface area contributed by atoms with Crippen molar-refractivity contribution in [2.24, 2.45) is 11.8 Å². The molecule has 3 nitrogen and oxygen atoms in total. The van der Waals surface area contributed by atoms with Crippen molar-refractivity contribution in [2.45, 2.75) is 57.5 Å². The van der Waals surface area contributed by atoms with Gasteiger partial charge in [0, 0.05) is 25.5 Å². The monoisotopic (exact) mass is 487 g/mol. The molecular weight excluding hydrogens is 449 g/mol. The molecule has 0 radical (unpaired) electrons. The van der Waals surface area contributed by atoms with E-state index in [9.17, 15) is 9.18 Å². The van der Waals surface area contributed by atoms with Crippen LogP contribution in [0, 0.1) is 17.7 Å². The van der Waals surface area contributed by atoms with Crippen molar-refractivity contribution in [2.75, 3.05) is 13.2 Å². The van der Waals surface area contributed by atoms with Crippen molar-refractivity contribution in [3.63, 3.8) is 0 Å². The first kappa shape index (κ1) is 26.1. The minimum Gasteiger partial charge on any atom is -0.376 e. The Kier molecular flexibility index (Phi) is 8.93. The summed E-state index contributed by atoms with van der Waals surface area (Å²) in [6, 6.07) is 27.1. The van der Waals surface area contributed by atoms with Crippen LogP contribution >= 0.6 is 0 Å². The number of benzene rings is 3. The lowest BCUT2D eigenvalue weighted by Crippen LogP contribution is -2.38. The number of halogens is 1. The highest BCUT2D eigenvalue weighted by Gasteiger charge is 2.33. The third-order valence-electron chi connectivity index (χ3n) is 7.44. The van der Waals surface area contributed by atoms with Crippen LogP contribution in [0.3, 0.4) is 0 Å². The van der Waals surface area contributed by atoms with Crippen LogP contribution in [-0.2, 0) is 16.0 Å². The van der Waals surface area contributed by atoms with Crippen molar-refractivity contribution in [1.82, 2.24) is 5.32 Å². The molecule has 1 N–H and O–H groups in total. The minimum atomic E-state index is -0.268. The van der Waals surface area contributed by atoms with Gasteiger partial charge in [-0.2, -0.15) is 0 Å². The summed E-state index contributed by atoms with van der Waals surface area (Å²) < 4.78 is 19.5. The van der Waals surface area contributed by atoms with E-state index in [-0.39, 0.29) is 23.2 Å². The topological polar surface area (TPSA) is 38.3 Å². The third-order valence-corrected chi connectivity index (χ3v) is 7.44. The van der Waals surface area contributed by atoms with Gasteiger partial charge in [-0.25, -0.2) is 4.39 Å². The van der Waals surface area contributed by atoms with Gasteiger partial charge in [-0.1, -0.05) is 72.8 Å². The first-order valence-corrected chi connectivity index (χ1v) is 13.1. The Balaban J connectivity index is 1.40. The lowest BCUT2D eigenvalue weighted by molar-refractivity contribution is -0.121. The van der Waals surface area contributed by atoms with Crippen molar-refractivity contribution in [3.05, 3.63) is 107 Å². The average molecular weight is 488 g/mol. The molecule has 1 heterocycles. The van der Waals surface area contributed by atoms with Crippen LogP contribution in [0.1, 0.15) is 62.1 Å². The molecule has 0 aromatic heterocycles. The van der Waals surface area contributed by atoms with E-state index >= 15 is 0 Å². The Bertz CT molecular complexity index is 1080. The van der Waals surface area contributed by atoms with Gasteiger partial charge in [0.2, 0.25) is 5.91 Å². The fourth-order valence-electron chi connectivity index (χ4n) is 5.57. The lowest BCUT2D eigenvalue weighted by atomic mass is 9.75. The summed E-state index contributed by atoms with van der Waals surface area (Å²) in [5.74, 6) is 0.706. The Labute approximate surface area is 215 Å². The number of carbonyl (C=O) groups excluding carboxylic acids is 1. The quantitative estimate of drug-likeness (QED) is 0.337. The average Bonchev–Trinajstić information content (AvgIpc) is 2.88. The van der Waals surface area contributed by atoms with Crippen LogP contribution in [0.25, 0.3) is 0 Å². The molecule has 0 aliphatic carbocycles. The maximum absolute atomic E-state index is 13.5. The molecule has 1 aliphatic rings. The zero-order valence-corrected chi connectivity index (χ0v) is 21.5. The summed E-state index contributed by atoms with van der Waals surface area (Å²) >= 11 is 0. The highest BCUT2D eigenvalue weighted by atomic mass is 19.1. The fourth-order valence-corrected chi connectivity index (χ4v) is 5.57. The molecule has 4 heteroatoms. The van der Waals surface area contributed by atoms with Crippen LogP contribution in [0.15, 0.2) is 84.9 Å². The van der Waals surface area contributed by atoms with Crippen molar-refractivity contribution in [1.29, 1.82) is 0 Å². The lowest BCUT2D eigenvalue weighted by Gasteiger charge is -2.39. The molecular formula is C32H38FNO2. The molecule has 0 bridgehead atoms. The number of hydrogen-bond acceptors (Lipinski definition) is 2. The van der Waals surface area contributed by atoms with Gasteiger partial charge in [0.25, 0.3) is 0 Å². The fraction of sp³-hybridized carbons (Fsp3) is 0.406. The van der Waals surface area contributed by atoms with Gasteiger partial charge in [-0.3, -0.25) is 4.79 Å². The van der Waals surface area contributed by atoms with Crippen LogP contribution in [-0.4, -0.2) is 24.7 Å². The van der Waals surface area contributed by atoms with Crippen LogP contribution in [0.2, 0.25) is 0 Å². The van der Waals surface area contributed by atoms with Crippen LogP contribution in [0.4, 0.5) is 4.39 Å². The zero-order valence-electron chi connectivity index (χ0n) is 21.5. The normalized spacial score (nSPS) is 18.8. The predicted molar refractivity (Wildman–Crippen MR) is 143 cm³/mol. The zero-order chi connectivity index (χ0) is 25.4. The van der Waals surface area contributed by atoms with Gasteiger partial charge in [-0.15, -0.1) is 0 Å². The van der Waals surface area contributed by atoms with Gasteiger partial charge < -0.3 is 10.1 Å². The van der Waals surface area contributed by atoms with Crippen LogP contribution < -0.4 is 5.32 Å². The predicted octanol–water partition coefficient (Wildman–Crippen LogP) is 6.92. The van der Waals surface area contributed by atoms with Crippen molar-refractivity contribution in [3.8, 4) is 0 Å². The summed E-state index contributed by atoms with van der Waals surface area (Å²) in [7, 11) is 0. The van der Waals surface area contributed by atoms with Crippen LogP contribution in [0.5, 0.6) is 0 Å². The SMILES string of the molecule is CC1(C)C[C@@H]([C@@H](CCNC(=O)C[C@@H](c2ccccc2)c2ccc(F)cc2)Cc2ccccc2)CCO1. The first-order valence-electron chi connectivity index (χ1n) is 13.1. The molecule has 0 spiro atoms. The third kappa shape index (κ3) is 7.51. The van der Waals surface area contributed by atoms with Gasteiger partial charge in [0.1, 0.15) is 5.82 Å². The van der Waals surface area contributed by atoms with Crippen molar-refractivity contribution >= 4 is 5.91 Å². The first-order chi connectivity index (χ1) is 17.4. The molecule has 0 saturated carbocycles. The van der Waals surface area contributed by atoms with E-state index in [4.69, 9.17) is 4.74 Å². The molecule has 1 fully saturated rings. The Morgan fingerprint density at radius 1 is 0.972 bits per heavy atom. The number of ether oxygens (including phenoxy) is 1. The van der Waals surface area contributed by atoms with E-state index in [1.165, 1.54) is 17.7 Å². The summed E-state index contributed by atoms with van der Waals surface area (Å²) in [5.41, 5.74) is 3.26. The summed E-state index contributed by atoms with van der Waals surface area (Å²) in [6.07, 6.45) is 4.39. The summed E-state index contributed by atoms with van der Waals surface area (Å²) in [5, 5.41) is 3.20. The second-order valence-electron chi connectivity index (χ2n) is 10.7. The largest absolute Gasteiger partial charge is 0.376 e. The van der Waals surface area contributed by atoms with Crippen molar-refractivity contribution < 1.29 is 13.9 Å². The maximum atomic E-state index is 13.5. The number of amides is 1. The Hall–Kier alpha value is -2.98. The van der Waals surface area contributed by atoms with E-state index in [0.717, 1.165) is 43.4 Å². The van der Waals surface area contributed by atoms with Gasteiger partial charge >= 0.3 is 0 Å². The standard InChI is InChI=1S/C32H38FNO2/c1-32(2)23-28(18-20-36-32)27(21-24-9-5-3-6-10-24)17-19-34-31(35)22-30(25-11-7-4-8-12-25)26-13-15-29(33)16-14-26/h3-16,27-28,30H,17-23H2,1-2H3,(H,34,35)/t27-,28-,30-/m0/s1. The van der Waals surface area contributed by atoms with Gasteiger partial charge in [0.15, 0.2) is 0 Å². The Morgan fingerprint density at radius 3 is 2.28 bits per heavy atom. The molecule has 3 aromatic carbocycles. The molecule has 0 unspecified atom stereocenters. The van der Waals surface area contributed by atoms with E-state index < -0.39 is 0 Å². The molecule has 3 aromatic rings.